The zero-order chi connectivity index (χ0) is 24.4. The number of carbonyl (C=O) groups excluding carboxylic acids is 1. The molecule has 2 fully saturated rings. The van der Waals surface area contributed by atoms with Crippen LogP contribution in [-0.4, -0.2) is 42.1 Å². The molecule has 2 aliphatic carbocycles. The molecule has 14 heteroatoms. The fraction of sp³-hybridized carbons (Fsp3) is 0.333. The first kappa shape index (κ1) is 21.3. The molecule has 0 radical (unpaired) electrons. The number of anilines is 3. The van der Waals surface area contributed by atoms with E-state index in [1.54, 1.807) is 12.1 Å². The Morgan fingerprint density at radius 2 is 1.97 bits per heavy atom. The normalized spacial score (nSPS) is 16.9. The van der Waals surface area contributed by atoms with Crippen LogP contribution < -0.4 is 16.4 Å². The van der Waals surface area contributed by atoms with Gasteiger partial charge in [0.2, 0.25) is 5.88 Å². The Labute approximate surface area is 194 Å². The highest BCUT2D eigenvalue weighted by molar-refractivity contribution is 5.99. The van der Waals surface area contributed by atoms with Gasteiger partial charge < -0.3 is 10.3 Å². The van der Waals surface area contributed by atoms with Crippen LogP contribution in [-0.2, 0) is 5.41 Å². The SMILES string of the molecule is Nc1ncnc2c1c(-c1ccc(NC(=O)Nc3cc(C4(C(F)(F)F)CC4)no3)nc1)nn2C1CC1. The summed E-state index contributed by atoms with van der Waals surface area (Å²) >= 11 is 0. The minimum Gasteiger partial charge on any atom is -0.383 e. The third-order valence-corrected chi connectivity index (χ3v) is 6.22. The zero-order valence-electron chi connectivity index (χ0n) is 18.0. The van der Waals surface area contributed by atoms with E-state index >= 15 is 0 Å². The monoisotopic (exact) mass is 485 g/mol. The fourth-order valence-electron chi connectivity index (χ4n) is 4.01. The van der Waals surface area contributed by atoms with Crippen LogP contribution in [0.4, 0.5) is 35.5 Å². The van der Waals surface area contributed by atoms with E-state index in [1.807, 2.05) is 4.68 Å². The lowest BCUT2D eigenvalue weighted by Crippen LogP contribution is -2.28. The summed E-state index contributed by atoms with van der Waals surface area (Å²) in [4.78, 5) is 24.9. The van der Waals surface area contributed by atoms with E-state index in [0.29, 0.717) is 28.1 Å². The second kappa shape index (κ2) is 7.38. The average Bonchev–Trinajstić information content (AvgIpc) is 3.74. The minimum atomic E-state index is -4.42. The Balaban J connectivity index is 1.17. The summed E-state index contributed by atoms with van der Waals surface area (Å²) in [5.41, 5.74) is 5.74. The van der Waals surface area contributed by atoms with Gasteiger partial charge in [0.15, 0.2) is 5.65 Å². The highest BCUT2D eigenvalue weighted by atomic mass is 19.4. The molecule has 11 nitrogen and oxygen atoms in total. The van der Waals surface area contributed by atoms with Crippen LogP contribution in [0.2, 0.25) is 0 Å². The van der Waals surface area contributed by atoms with Gasteiger partial charge in [-0.15, -0.1) is 0 Å². The van der Waals surface area contributed by atoms with E-state index < -0.39 is 17.6 Å². The molecule has 4 N–H and O–H groups in total. The van der Waals surface area contributed by atoms with Crippen molar-refractivity contribution in [3.8, 4) is 11.3 Å². The Morgan fingerprint density at radius 1 is 1.17 bits per heavy atom. The summed E-state index contributed by atoms with van der Waals surface area (Å²) in [6.07, 6.45) is 0.407. The van der Waals surface area contributed by atoms with Gasteiger partial charge in [0, 0.05) is 17.8 Å². The summed E-state index contributed by atoms with van der Waals surface area (Å²) in [5, 5.41) is 13.6. The highest BCUT2D eigenvalue weighted by Crippen LogP contribution is 2.58. The molecule has 0 unspecified atom stereocenters. The third-order valence-electron chi connectivity index (χ3n) is 6.22. The van der Waals surface area contributed by atoms with Gasteiger partial charge in [-0.3, -0.25) is 10.6 Å². The van der Waals surface area contributed by atoms with Crippen molar-refractivity contribution in [1.82, 2.24) is 29.9 Å². The molecule has 0 aliphatic heterocycles. The lowest BCUT2D eigenvalue weighted by molar-refractivity contribution is -0.161. The van der Waals surface area contributed by atoms with Gasteiger partial charge in [-0.25, -0.2) is 24.4 Å². The summed E-state index contributed by atoms with van der Waals surface area (Å²) in [5.74, 6) is 0.315. The maximum Gasteiger partial charge on any atom is 0.400 e. The van der Waals surface area contributed by atoms with Crippen LogP contribution in [0, 0.1) is 0 Å². The Kier molecular flexibility index (Phi) is 4.50. The van der Waals surface area contributed by atoms with E-state index in [1.165, 1.54) is 12.5 Å². The average molecular weight is 485 g/mol. The molecule has 4 heterocycles. The molecule has 35 heavy (non-hydrogen) atoms. The van der Waals surface area contributed by atoms with Crippen LogP contribution in [0.3, 0.4) is 0 Å². The molecule has 4 aromatic heterocycles. The summed E-state index contributed by atoms with van der Waals surface area (Å²) < 4.78 is 46.4. The number of fused-ring (bicyclic) bond motifs is 1. The number of nitrogens with two attached hydrogens (primary N) is 1. The molecule has 0 spiro atoms. The van der Waals surface area contributed by atoms with Crippen molar-refractivity contribution < 1.29 is 22.5 Å². The standard InChI is InChI=1S/C21H18F3N9O2/c22-21(23,24)20(5-6-20)12-7-14(35-32-12)30-19(34)29-13-4-1-10(8-26-13)16-15-17(25)27-9-28-18(15)33(31-16)11-2-3-11/h1,4,7-9,11H,2-3,5-6H2,(H2,25,27,28)(H2,26,29,30,34). The van der Waals surface area contributed by atoms with Gasteiger partial charge in [-0.1, -0.05) is 5.16 Å². The molecule has 0 saturated heterocycles. The van der Waals surface area contributed by atoms with Gasteiger partial charge in [-0.05, 0) is 37.8 Å². The lowest BCUT2D eigenvalue weighted by Gasteiger charge is -2.15. The van der Waals surface area contributed by atoms with Crippen LogP contribution in [0.25, 0.3) is 22.3 Å². The number of aromatic nitrogens is 6. The Bertz CT molecular complexity index is 1440. The number of pyridine rings is 1. The predicted octanol–water partition coefficient (Wildman–Crippen LogP) is 4.03. The minimum absolute atomic E-state index is 0.0586. The van der Waals surface area contributed by atoms with Crippen molar-refractivity contribution in [2.75, 3.05) is 16.4 Å². The summed E-state index contributed by atoms with van der Waals surface area (Å²) in [6, 6.07) is 3.89. The molecule has 6 rings (SSSR count). The van der Waals surface area contributed by atoms with Gasteiger partial charge in [0.25, 0.3) is 0 Å². The van der Waals surface area contributed by atoms with Crippen LogP contribution in [0.5, 0.6) is 0 Å². The van der Waals surface area contributed by atoms with Gasteiger partial charge in [0.1, 0.15) is 34.8 Å². The smallest absolute Gasteiger partial charge is 0.383 e. The number of nitrogens with one attached hydrogen (secondary N) is 2. The lowest BCUT2D eigenvalue weighted by atomic mass is 10.0. The molecular formula is C21H18F3N9O2. The summed E-state index contributed by atoms with van der Waals surface area (Å²) in [6.45, 7) is 0. The molecule has 0 bridgehead atoms. The van der Waals surface area contributed by atoms with E-state index in [4.69, 9.17) is 10.3 Å². The zero-order valence-corrected chi connectivity index (χ0v) is 18.0. The number of halogens is 3. The van der Waals surface area contributed by atoms with E-state index in [9.17, 15) is 18.0 Å². The largest absolute Gasteiger partial charge is 0.400 e. The van der Waals surface area contributed by atoms with E-state index in [-0.39, 0.29) is 36.3 Å². The summed E-state index contributed by atoms with van der Waals surface area (Å²) in [7, 11) is 0. The van der Waals surface area contributed by atoms with Gasteiger partial charge >= 0.3 is 12.2 Å². The molecule has 4 aromatic rings. The molecule has 0 atom stereocenters. The fourth-order valence-corrected chi connectivity index (χ4v) is 4.01. The number of carbonyl (C=O) groups is 1. The van der Waals surface area contributed by atoms with Crippen LogP contribution in [0.15, 0.2) is 35.2 Å². The number of nitrogens with zero attached hydrogens (tertiary/aromatic N) is 6. The predicted molar refractivity (Wildman–Crippen MR) is 117 cm³/mol. The van der Waals surface area contributed by atoms with Crippen molar-refractivity contribution in [2.45, 2.75) is 43.3 Å². The van der Waals surface area contributed by atoms with E-state index in [0.717, 1.165) is 18.9 Å². The Hall–Kier alpha value is -4.23. The first-order valence-electron chi connectivity index (χ1n) is 10.8. The van der Waals surface area contributed by atoms with Crippen molar-refractivity contribution in [2.24, 2.45) is 0 Å². The molecular weight excluding hydrogens is 467 g/mol. The number of urea groups is 1. The number of hydrogen-bond donors (Lipinski definition) is 3. The van der Waals surface area contributed by atoms with Crippen molar-refractivity contribution in [3.05, 3.63) is 36.4 Å². The molecule has 2 saturated carbocycles. The van der Waals surface area contributed by atoms with Gasteiger partial charge in [-0.2, -0.15) is 18.3 Å². The number of rotatable bonds is 5. The first-order valence-corrected chi connectivity index (χ1v) is 10.8. The van der Waals surface area contributed by atoms with Crippen LogP contribution >= 0.6 is 0 Å². The first-order chi connectivity index (χ1) is 16.7. The van der Waals surface area contributed by atoms with Crippen molar-refractivity contribution >= 4 is 34.6 Å². The topological polar surface area (TPSA) is 150 Å². The maximum absolute atomic E-state index is 13.2. The second-order valence-electron chi connectivity index (χ2n) is 8.65. The van der Waals surface area contributed by atoms with Crippen molar-refractivity contribution in [1.29, 1.82) is 0 Å². The van der Waals surface area contributed by atoms with E-state index in [2.05, 4.69) is 35.8 Å². The van der Waals surface area contributed by atoms with Crippen LogP contribution in [0.1, 0.15) is 37.4 Å². The Morgan fingerprint density at radius 3 is 2.63 bits per heavy atom. The maximum atomic E-state index is 13.2. The highest BCUT2D eigenvalue weighted by Gasteiger charge is 2.66. The quantitative estimate of drug-likeness (QED) is 0.383. The molecule has 2 amide bonds. The van der Waals surface area contributed by atoms with Crippen molar-refractivity contribution in [3.63, 3.8) is 0 Å². The number of hydrogen-bond acceptors (Lipinski definition) is 8. The third kappa shape index (κ3) is 3.61. The number of nitrogen functional groups attached to an aromatic ring is 1. The molecule has 180 valence electrons. The number of alkyl halides is 3. The van der Waals surface area contributed by atoms with Gasteiger partial charge in [0.05, 0.1) is 11.4 Å². The second-order valence-corrected chi connectivity index (χ2v) is 8.65. The molecule has 2 aliphatic rings. The number of amides is 2. The molecule has 0 aromatic carbocycles.